The number of carbonyl (C=O) groups excluding carboxylic acids is 1. The predicted molar refractivity (Wildman–Crippen MR) is 180 cm³/mol. The van der Waals surface area contributed by atoms with Gasteiger partial charge in [0.15, 0.2) is 0 Å². The molecule has 4 fully saturated rings. The maximum Gasteiger partial charge on any atom is 0.335 e. The number of aromatic carboxylic acids is 1. The van der Waals surface area contributed by atoms with Crippen LogP contribution in [0.2, 0.25) is 0 Å². The molecule has 1 aromatic carbocycles. The fraction of sp³-hybridized carbons (Fsp3) is 0.700. The van der Waals surface area contributed by atoms with Crippen molar-refractivity contribution >= 4 is 17.4 Å². The summed E-state index contributed by atoms with van der Waals surface area (Å²) in [6.45, 7) is 19.8. The minimum Gasteiger partial charge on any atom is -0.478 e. The molecule has 1 amide bonds. The van der Waals surface area contributed by atoms with Gasteiger partial charge in [0.1, 0.15) is 0 Å². The average molecular weight is 616 g/mol. The molecule has 1 aromatic rings. The summed E-state index contributed by atoms with van der Waals surface area (Å²) in [5.74, 6) is 1.76. The highest BCUT2D eigenvalue weighted by Gasteiger charge is 2.71. The largest absolute Gasteiger partial charge is 0.478 e. The van der Waals surface area contributed by atoms with Crippen LogP contribution in [0, 0.1) is 56.7 Å². The molecule has 5 aliphatic carbocycles. The summed E-state index contributed by atoms with van der Waals surface area (Å²) >= 11 is 0. The van der Waals surface area contributed by atoms with E-state index in [9.17, 15) is 19.8 Å². The van der Waals surface area contributed by atoms with Gasteiger partial charge in [0.2, 0.25) is 5.91 Å². The van der Waals surface area contributed by atoms with Crippen LogP contribution in [0.3, 0.4) is 0 Å². The van der Waals surface area contributed by atoms with Crippen LogP contribution in [0.15, 0.2) is 42.5 Å². The number of hydrogen-bond donors (Lipinski definition) is 2. The molecule has 4 saturated carbocycles. The van der Waals surface area contributed by atoms with Gasteiger partial charge in [-0.05, 0) is 139 Å². The molecule has 45 heavy (non-hydrogen) atoms. The van der Waals surface area contributed by atoms with E-state index >= 15 is 0 Å². The van der Waals surface area contributed by atoms with Crippen molar-refractivity contribution in [2.75, 3.05) is 20.2 Å². The lowest BCUT2D eigenvalue weighted by Gasteiger charge is -2.72. The summed E-state index contributed by atoms with van der Waals surface area (Å²) in [5.41, 5.74) is 4.30. The molecule has 0 unspecified atom stereocenters. The van der Waals surface area contributed by atoms with E-state index in [1.54, 1.807) is 12.1 Å². The number of nitrogens with zero attached hydrogens (tertiary/aromatic N) is 1. The van der Waals surface area contributed by atoms with Gasteiger partial charge in [-0.2, -0.15) is 0 Å². The third kappa shape index (κ3) is 4.41. The first-order chi connectivity index (χ1) is 21.1. The molecule has 0 aromatic heterocycles. The van der Waals surface area contributed by atoms with Crippen LogP contribution >= 0.6 is 0 Å². The van der Waals surface area contributed by atoms with Crippen LogP contribution in [-0.2, 0) is 4.79 Å². The zero-order valence-corrected chi connectivity index (χ0v) is 28.9. The van der Waals surface area contributed by atoms with Gasteiger partial charge in [-0.1, -0.05) is 65.0 Å². The summed E-state index contributed by atoms with van der Waals surface area (Å²) in [5, 5.41) is 19.1. The number of aliphatic hydroxyl groups is 1. The van der Waals surface area contributed by atoms with Crippen molar-refractivity contribution in [3.8, 4) is 0 Å². The van der Waals surface area contributed by atoms with Crippen LogP contribution in [0.4, 0.5) is 0 Å². The quantitative estimate of drug-likeness (QED) is 0.315. The number of hydrogen-bond acceptors (Lipinski definition) is 3. The second-order valence-electron chi connectivity index (χ2n) is 17.2. The molecule has 246 valence electrons. The first-order valence-corrected chi connectivity index (χ1v) is 17.6. The lowest BCUT2D eigenvalue weighted by molar-refractivity contribution is -0.226. The lowest BCUT2D eigenvalue weighted by Crippen LogP contribution is -2.66. The molecule has 6 rings (SSSR count). The van der Waals surface area contributed by atoms with Gasteiger partial charge in [-0.3, -0.25) is 4.79 Å². The van der Waals surface area contributed by atoms with Crippen molar-refractivity contribution in [3.63, 3.8) is 0 Å². The van der Waals surface area contributed by atoms with E-state index in [1.165, 1.54) is 36.8 Å². The van der Waals surface area contributed by atoms with Crippen LogP contribution < -0.4 is 0 Å². The second-order valence-corrected chi connectivity index (χ2v) is 17.2. The van der Waals surface area contributed by atoms with Gasteiger partial charge in [-0.25, -0.2) is 4.79 Å². The Labute approximate surface area is 271 Å². The van der Waals surface area contributed by atoms with Gasteiger partial charge in [0, 0.05) is 13.6 Å². The van der Waals surface area contributed by atoms with Crippen molar-refractivity contribution in [1.29, 1.82) is 0 Å². The number of allylic oxidation sites excluding steroid dienone is 3. The summed E-state index contributed by atoms with van der Waals surface area (Å²) in [4.78, 5) is 27.6. The highest BCUT2D eigenvalue weighted by molar-refractivity contribution is 5.88. The van der Waals surface area contributed by atoms with Crippen molar-refractivity contribution < 1.29 is 19.8 Å². The first kappa shape index (κ1) is 32.5. The molecule has 5 nitrogen and oxygen atoms in total. The Kier molecular flexibility index (Phi) is 7.83. The third-order valence-corrected chi connectivity index (χ3v) is 15.3. The minimum atomic E-state index is -0.879. The molecule has 0 saturated heterocycles. The Morgan fingerprint density at radius 2 is 1.60 bits per heavy atom. The Bertz CT molecular complexity index is 1410. The third-order valence-electron chi connectivity index (χ3n) is 15.3. The van der Waals surface area contributed by atoms with Crippen LogP contribution in [0.1, 0.15) is 115 Å². The monoisotopic (exact) mass is 615 g/mol. The fourth-order valence-corrected chi connectivity index (χ4v) is 13.0. The van der Waals surface area contributed by atoms with Crippen LogP contribution in [0.5, 0.6) is 0 Å². The van der Waals surface area contributed by atoms with Gasteiger partial charge in [0.05, 0.1) is 17.6 Å². The highest BCUT2D eigenvalue weighted by atomic mass is 16.4. The van der Waals surface area contributed by atoms with E-state index in [4.69, 9.17) is 0 Å². The number of likely N-dealkylation sites (N-methyl/N-ethyl adjacent to an activating group) is 1. The standard InChI is InChI=1S/C40H57NO4/c1-25(2)28-15-20-40(35(45)41(8)23-24-42)22-21-38(6)30(33(28)40)13-14-32-37(5)18-16-29(26-9-11-27(12-10-26)34(43)44)36(3,4)31(37)17-19-39(32,38)7/h9-12,16,28,30-33,42H,1,13-15,17-24H2,2-8H3,(H,43,44)/t28-,30+,31-,32+,33+,37-,38+,39+,40-/m0/s1. The molecular formula is C40H57NO4. The smallest absolute Gasteiger partial charge is 0.335 e. The Hall–Kier alpha value is -2.40. The number of aliphatic hydroxyl groups excluding tert-OH is 1. The van der Waals surface area contributed by atoms with E-state index < -0.39 is 5.97 Å². The molecule has 5 aliphatic rings. The average Bonchev–Trinajstić information content (AvgIpc) is 3.38. The van der Waals surface area contributed by atoms with Crippen molar-refractivity contribution in [1.82, 2.24) is 4.90 Å². The van der Waals surface area contributed by atoms with Crippen LogP contribution in [-0.4, -0.2) is 47.2 Å². The van der Waals surface area contributed by atoms with Gasteiger partial charge in [-0.15, -0.1) is 0 Å². The number of benzene rings is 1. The van der Waals surface area contributed by atoms with E-state index in [1.807, 2.05) is 24.1 Å². The molecule has 5 heteroatoms. The van der Waals surface area contributed by atoms with Crippen molar-refractivity contribution in [2.45, 2.75) is 99.3 Å². The summed E-state index contributed by atoms with van der Waals surface area (Å²) < 4.78 is 0. The molecule has 2 N–H and O–H groups in total. The Balaban J connectivity index is 1.36. The Morgan fingerprint density at radius 3 is 2.22 bits per heavy atom. The van der Waals surface area contributed by atoms with E-state index in [0.717, 1.165) is 37.7 Å². The van der Waals surface area contributed by atoms with Crippen molar-refractivity contribution in [2.24, 2.45) is 56.7 Å². The number of carboxylic acids is 1. The zero-order valence-electron chi connectivity index (χ0n) is 28.9. The molecule has 0 aliphatic heterocycles. The predicted octanol–water partition coefficient (Wildman–Crippen LogP) is 8.49. The number of amides is 1. The fourth-order valence-electron chi connectivity index (χ4n) is 13.0. The summed E-state index contributed by atoms with van der Waals surface area (Å²) in [6.07, 6.45) is 12.4. The van der Waals surface area contributed by atoms with Crippen LogP contribution in [0.25, 0.3) is 5.57 Å². The van der Waals surface area contributed by atoms with E-state index in [0.29, 0.717) is 41.7 Å². The molecule has 0 spiro atoms. The van der Waals surface area contributed by atoms with Gasteiger partial charge >= 0.3 is 5.97 Å². The van der Waals surface area contributed by atoms with Crippen molar-refractivity contribution in [3.05, 3.63) is 53.6 Å². The maximum absolute atomic E-state index is 14.3. The van der Waals surface area contributed by atoms with E-state index in [-0.39, 0.29) is 39.6 Å². The maximum atomic E-state index is 14.3. The van der Waals surface area contributed by atoms with Gasteiger partial charge in [0.25, 0.3) is 0 Å². The molecule has 9 atom stereocenters. The molecule has 0 heterocycles. The van der Waals surface area contributed by atoms with Gasteiger partial charge < -0.3 is 15.1 Å². The lowest BCUT2D eigenvalue weighted by atomic mass is 9.32. The molecular weight excluding hydrogens is 558 g/mol. The number of carbonyl (C=O) groups is 2. The summed E-state index contributed by atoms with van der Waals surface area (Å²) in [7, 11) is 1.89. The number of rotatable bonds is 6. The first-order valence-electron chi connectivity index (χ1n) is 17.6. The normalized spacial score (nSPS) is 41.5. The minimum absolute atomic E-state index is 0.00764. The second kappa shape index (κ2) is 10.8. The SMILES string of the molecule is C=C(C)[C@@H]1CC[C@]2(C(=O)N(C)CCO)CC[C@]3(C)[C@H](CC[C@@H]4[C@@]5(C)CC=C(c6ccc(C(=O)O)cc6)C(C)(C)[C@@H]5CC[C@]43C)[C@@H]12. The zero-order chi connectivity index (χ0) is 32.7. The number of carboxylic acid groups (broad SMARTS) is 1. The number of fused-ring (bicyclic) bond motifs is 7. The molecule has 0 bridgehead atoms. The van der Waals surface area contributed by atoms with E-state index in [2.05, 4.69) is 54.2 Å². The topological polar surface area (TPSA) is 77.8 Å². The summed E-state index contributed by atoms with van der Waals surface area (Å²) in [6, 6.07) is 7.51. The molecule has 0 radical (unpaired) electrons. The highest BCUT2D eigenvalue weighted by Crippen LogP contribution is 2.77. The Morgan fingerprint density at radius 1 is 0.911 bits per heavy atom.